The number of hydrogen-bond acceptors (Lipinski definition) is 7. The number of sulfonamides is 1. The number of hydrogen-bond donors (Lipinski definition) is 3. The molecule has 1 aromatic carbocycles. The summed E-state index contributed by atoms with van der Waals surface area (Å²) in [5, 5.41) is 10.5. The lowest BCUT2D eigenvalue weighted by atomic mass is 10.3. The van der Waals surface area contributed by atoms with Crippen LogP contribution in [0.2, 0.25) is 0 Å². The Labute approximate surface area is 135 Å². The summed E-state index contributed by atoms with van der Waals surface area (Å²) in [6.07, 6.45) is 2.72. The molecule has 0 spiro atoms. The topological polar surface area (TPSA) is 136 Å². The lowest BCUT2D eigenvalue weighted by Gasteiger charge is -2.14. The Bertz CT molecular complexity index is 832. The summed E-state index contributed by atoms with van der Waals surface area (Å²) >= 11 is 1.18. The van der Waals surface area contributed by atoms with Crippen LogP contribution in [0.15, 0.2) is 47.1 Å². The molecule has 0 radical (unpaired) electrons. The Morgan fingerprint density at radius 1 is 1.26 bits per heavy atom. The van der Waals surface area contributed by atoms with Gasteiger partial charge >= 0.3 is 0 Å². The number of amides is 1. The highest BCUT2D eigenvalue weighted by Crippen LogP contribution is 2.23. The summed E-state index contributed by atoms with van der Waals surface area (Å²) in [5.74, 6) is -0.411. The summed E-state index contributed by atoms with van der Waals surface area (Å²) in [7, 11) is -3.71. The van der Waals surface area contributed by atoms with Crippen LogP contribution in [-0.2, 0) is 14.6 Å². The second kappa shape index (κ2) is 6.24. The number of benzene rings is 1. The molecule has 118 valence electrons. The van der Waals surface area contributed by atoms with Crippen LogP contribution in [0.1, 0.15) is 10.6 Å². The molecule has 9 nitrogen and oxygen atoms in total. The second-order valence-corrected chi connectivity index (χ2v) is 6.83. The van der Waals surface area contributed by atoms with Gasteiger partial charge < -0.3 is 9.87 Å². The van der Waals surface area contributed by atoms with Crippen molar-refractivity contribution >= 4 is 38.5 Å². The van der Waals surface area contributed by atoms with Crippen LogP contribution in [0.3, 0.4) is 0 Å². The van der Waals surface area contributed by atoms with E-state index in [1.807, 2.05) is 0 Å². The van der Waals surface area contributed by atoms with Gasteiger partial charge in [-0.1, -0.05) is 4.21 Å². The van der Waals surface area contributed by atoms with Crippen LogP contribution in [0.4, 0.5) is 10.8 Å². The molecule has 3 rings (SSSR count). The number of aromatic nitrogens is 4. The van der Waals surface area contributed by atoms with Crippen molar-refractivity contribution in [3.63, 3.8) is 0 Å². The number of aromatic amines is 1. The molecule has 0 aliphatic heterocycles. The van der Waals surface area contributed by atoms with E-state index in [9.17, 15) is 13.6 Å². The maximum Gasteiger partial charge on any atom is 0.292 e. The highest BCUT2D eigenvalue weighted by Gasteiger charge is 2.21. The number of carbonyl (C=O) groups excluding carboxylic acids is 1. The standard InChI is InChI=1S/C12H10N6O3S2/c19-11(10-14-7-15-17-10)16-8-1-3-9(4-2-8)23(20,21)18-12-13-5-6-22-12/h1-7H,(H3-,13,14,15,16,17,18,19,20,21). The van der Waals surface area contributed by atoms with Crippen LogP contribution in [-0.4, -0.2) is 30.6 Å². The van der Waals surface area contributed by atoms with Gasteiger partial charge in [0, 0.05) is 17.3 Å². The summed E-state index contributed by atoms with van der Waals surface area (Å²) < 4.78 is 26.7. The van der Waals surface area contributed by atoms with Gasteiger partial charge in [-0.3, -0.25) is 9.89 Å². The number of thiazole rings is 1. The maximum atomic E-state index is 12.2. The first-order valence-electron chi connectivity index (χ1n) is 6.24. The molecule has 2 aromatic heterocycles. The zero-order chi connectivity index (χ0) is 16.3. The smallest absolute Gasteiger partial charge is 0.292 e. The van der Waals surface area contributed by atoms with Gasteiger partial charge in [0.25, 0.3) is 5.91 Å². The Hall–Kier alpha value is -2.63. The van der Waals surface area contributed by atoms with Gasteiger partial charge in [0.2, 0.25) is 11.0 Å². The number of carbonyl (C=O) groups is 1. The summed E-state index contributed by atoms with van der Waals surface area (Å²) in [6.45, 7) is 0. The molecule has 1 amide bonds. The first-order valence-corrected chi connectivity index (χ1v) is 8.60. The molecule has 0 saturated heterocycles. The summed E-state index contributed by atoms with van der Waals surface area (Å²) in [4.78, 5) is 19.4. The Morgan fingerprint density at radius 2 is 2.04 bits per heavy atom. The molecular formula is C12H10N6O3S2. The minimum absolute atomic E-state index is 0.0605. The number of rotatable bonds is 5. The normalized spacial score (nSPS) is 13.3. The van der Waals surface area contributed by atoms with Gasteiger partial charge in [-0.15, -0.1) is 11.3 Å². The minimum atomic E-state index is -3.71. The summed E-state index contributed by atoms with van der Waals surface area (Å²) in [5.41, 5.74) is 0.430. The van der Waals surface area contributed by atoms with Gasteiger partial charge in [-0.25, -0.2) is 9.97 Å². The summed E-state index contributed by atoms with van der Waals surface area (Å²) in [6, 6.07) is 5.72. The lowest BCUT2D eigenvalue weighted by Crippen LogP contribution is -2.21. The molecule has 1 unspecified atom stereocenters. The fraction of sp³-hybridized carbons (Fsp3) is 0. The zero-order valence-electron chi connectivity index (χ0n) is 11.4. The van der Waals surface area contributed by atoms with Crippen molar-refractivity contribution < 1.29 is 13.6 Å². The molecule has 0 saturated carbocycles. The molecule has 0 aliphatic rings. The molecule has 0 fully saturated rings. The predicted octanol–water partition coefficient (Wildman–Crippen LogP) is 1.53. The molecule has 0 aliphatic carbocycles. The fourth-order valence-corrected chi connectivity index (χ4v) is 3.46. The third kappa shape index (κ3) is 3.59. The van der Waals surface area contributed by atoms with E-state index in [4.69, 9.17) is 0 Å². The molecule has 0 bridgehead atoms. The van der Waals surface area contributed by atoms with Crippen molar-refractivity contribution in [3.05, 3.63) is 48.0 Å². The van der Waals surface area contributed by atoms with E-state index in [1.54, 1.807) is 5.38 Å². The van der Waals surface area contributed by atoms with E-state index >= 15 is 0 Å². The second-order valence-electron chi connectivity index (χ2n) is 4.26. The first-order chi connectivity index (χ1) is 11.0. The van der Waals surface area contributed by atoms with E-state index < -0.39 is 16.3 Å². The third-order valence-electron chi connectivity index (χ3n) is 2.71. The van der Waals surface area contributed by atoms with E-state index in [-0.39, 0.29) is 15.9 Å². The molecule has 3 aromatic rings. The van der Waals surface area contributed by atoms with Crippen molar-refractivity contribution in [2.45, 2.75) is 4.90 Å². The van der Waals surface area contributed by atoms with E-state index in [0.29, 0.717) is 5.69 Å². The van der Waals surface area contributed by atoms with Crippen LogP contribution < -0.4 is 10.0 Å². The molecule has 3 N–H and O–H groups in total. The first kappa shape index (κ1) is 15.3. The quantitative estimate of drug-likeness (QED) is 0.597. The van der Waals surface area contributed by atoms with Crippen molar-refractivity contribution in [3.8, 4) is 0 Å². The predicted molar refractivity (Wildman–Crippen MR) is 83.6 cm³/mol. The molecular weight excluding hydrogens is 340 g/mol. The van der Waals surface area contributed by atoms with Crippen molar-refractivity contribution in [2.75, 3.05) is 10.0 Å². The fourth-order valence-electron chi connectivity index (χ4n) is 1.67. The molecule has 2 heterocycles. The molecule has 1 atom stereocenters. The van der Waals surface area contributed by atoms with Crippen LogP contribution in [0.25, 0.3) is 0 Å². The van der Waals surface area contributed by atoms with Gasteiger partial charge in [0.15, 0.2) is 15.3 Å². The van der Waals surface area contributed by atoms with E-state index in [1.165, 1.54) is 48.1 Å². The average Bonchev–Trinajstić information content (AvgIpc) is 3.20. The van der Waals surface area contributed by atoms with E-state index in [2.05, 4.69) is 30.2 Å². The minimum Gasteiger partial charge on any atom is -0.588 e. The van der Waals surface area contributed by atoms with E-state index in [0.717, 1.165) is 0 Å². The van der Waals surface area contributed by atoms with Gasteiger partial charge in [0.1, 0.15) is 6.33 Å². The van der Waals surface area contributed by atoms with Crippen molar-refractivity contribution in [2.24, 2.45) is 0 Å². The Balaban J connectivity index is 1.71. The van der Waals surface area contributed by atoms with Crippen LogP contribution in [0, 0.1) is 0 Å². The monoisotopic (exact) mass is 350 g/mol. The van der Waals surface area contributed by atoms with Crippen molar-refractivity contribution in [1.29, 1.82) is 0 Å². The number of H-pyrrole nitrogens is 1. The third-order valence-corrected chi connectivity index (χ3v) is 4.88. The number of nitrogens with zero attached hydrogens (tertiary/aromatic N) is 3. The van der Waals surface area contributed by atoms with Crippen LogP contribution in [0.5, 0.6) is 0 Å². The lowest BCUT2D eigenvalue weighted by molar-refractivity contribution is 0.101. The van der Waals surface area contributed by atoms with Gasteiger partial charge in [-0.2, -0.15) is 9.82 Å². The molecule has 23 heavy (non-hydrogen) atoms. The number of anilines is 2. The van der Waals surface area contributed by atoms with Gasteiger partial charge in [0.05, 0.1) is 0 Å². The SMILES string of the molecule is O=C(Nc1ccc([S+](=O)([O-])Nc2nccs2)cc1)c1ncn[nH]1. The highest BCUT2D eigenvalue weighted by molar-refractivity contribution is 7.99. The Morgan fingerprint density at radius 3 is 2.65 bits per heavy atom. The maximum absolute atomic E-state index is 12.2. The highest BCUT2D eigenvalue weighted by atomic mass is 32.3. The zero-order valence-corrected chi connectivity index (χ0v) is 13.1. The largest absolute Gasteiger partial charge is 0.588 e. The average molecular weight is 350 g/mol. The van der Waals surface area contributed by atoms with Crippen LogP contribution >= 0.6 is 11.3 Å². The van der Waals surface area contributed by atoms with Crippen molar-refractivity contribution in [1.82, 2.24) is 20.2 Å². The molecule has 11 heteroatoms. The van der Waals surface area contributed by atoms with Gasteiger partial charge in [-0.05, 0) is 24.3 Å². The number of nitrogens with one attached hydrogen (secondary N) is 3. The Kier molecular flexibility index (Phi) is 4.14.